The van der Waals surface area contributed by atoms with Crippen LogP contribution in [0.15, 0.2) is 22.7 Å². The predicted molar refractivity (Wildman–Crippen MR) is 70.4 cm³/mol. The lowest BCUT2D eigenvalue weighted by atomic mass is 9.88. The minimum Gasteiger partial charge on any atom is -0.489 e. The smallest absolute Gasteiger partial charge is 0.137 e. The number of ether oxygens (including phenoxy) is 2. The molecule has 3 heteroatoms. The van der Waals surface area contributed by atoms with Crippen LogP contribution in [0.4, 0.5) is 0 Å². The van der Waals surface area contributed by atoms with Gasteiger partial charge in [-0.3, -0.25) is 0 Å². The summed E-state index contributed by atoms with van der Waals surface area (Å²) in [5.74, 6) is 1.74. The van der Waals surface area contributed by atoms with Crippen LogP contribution in [-0.2, 0) is 11.2 Å². The Hall–Kier alpha value is -0.540. The minimum atomic E-state index is 0.380. The fourth-order valence-corrected chi connectivity index (χ4v) is 3.31. The average molecular weight is 297 g/mol. The Bertz CT molecular complexity index is 399. The van der Waals surface area contributed by atoms with E-state index in [1.807, 2.05) is 0 Å². The second-order valence-electron chi connectivity index (χ2n) is 4.87. The van der Waals surface area contributed by atoms with Gasteiger partial charge in [0.25, 0.3) is 0 Å². The van der Waals surface area contributed by atoms with Gasteiger partial charge in [-0.1, -0.05) is 12.1 Å². The molecule has 3 rings (SSSR count). The van der Waals surface area contributed by atoms with Crippen LogP contribution in [0.5, 0.6) is 5.75 Å². The van der Waals surface area contributed by atoms with Crippen LogP contribution in [0.3, 0.4) is 0 Å². The maximum absolute atomic E-state index is 6.20. The highest BCUT2D eigenvalue weighted by Gasteiger charge is 2.29. The monoisotopic (exact) mass is 296 g/mol. The molecule has 2 aliphatic heterocycles. The zero-order chi connectivity index (χ0) is 11.7. The van der Waals surface area contributed by atoms with Crippen LogP contribution < -0.4 is 4.74 Å². The summed E-state index contributed by atoms with van der Waals surface area (Å²) in [5.41, 5.74) is 1.34. The molecule has 0 radical (unpaired) electrons. The number of rotatable bonds is 1. The normalized spacial score (nSPS) is 25.1. The minimum absolute atomic E-state index is 0.380. The van der Waals surface area contributed by atoms with Gasteiger partial charge in [-0.25, -0.2) is 0 Å². The van der Waals surface area contributed by atoms with Gasteiger partial charge in [0.05, 0.1) is 4.47 Å². The molecule has 0 saturated carbocycles. The molecule has 2 nitrogen and oxygen atoms in total. The van der Waals surface area contributed by atoms with E-state index in [4.69, 9.17) is 9.47 Å². The largest absolute Gasteiger partial charge is 0.489 e. The topological polar surface area (TPSA) is 18.5 Å². The second kappa shape index (κ2) is 4.99. The summed E-state index contributed by atoms with van der Waals surface area (Å²) in [5, 5.41) is 0. The van der Waals surface area contributed by atoms with E-state index >= 15 is 0 Å². The van der Waals surface area contributed by atoms with E-state index in [9.17, 15) is 0 Å². The average Bonchev–Trinajstić information content (AvgIpc) is 2.40. The summed E-state index contributed by atoms with van der Waals surface area (Å²) in [4.78, 5) is 0. The molecule has 1 saturated heterocycles. The first-order valence-electron chi connectivity index (χ1n) is 6.36. The standard InChI is InChI=1S/C14H17BrO2/c15-12-3-1-2-11-4-5-13(17-14(11)12)10-6-8-16-9-7-10/h1-3,10,13H,4-9H2. The van der Waals surface area contributed by atoms with Crippen LogP contribution in [0.1, 0.15) is 24.8 Å². The third-order valence-corrected chi connectivity index (χ3v) is 4.43. The Kier molecular flexibility index (Phi) is 3.39. The Labute approximate surface area is 110 Å². The van der Waals surface area contributed by atoms with E-state index < -0.39 is 0 Å². The van der Waals surface area contributed by atoms with Crippen molar-refractivity contribution in [3.8, 4) is 5.75 Å². The first-order valence-corrected chi connectivity index (χ1v) is 7.15. The quantitative estimate of drug-likeness (QED) is 0.789. The van der Waals surface area contributed by atoms with Gasteiger partial charge in [0.1, 0.15) is 11.9 Å². The number of benzene rings is 1. The predicted octanol–water partition coefficient (Wildman–Crippen LogP) is 3.57. The molecule has 0 aromatic heterocycles. The highest BCUT2D eigenvalue weighted by Crippen LogP contribution is 2.37. The van der Waals surface area contributed by atoms with E-state index in [2.05, 4.69) is 34.1 Å². The van der Waals surface area contributed by atoms with Gasteiger partial charge >= 0.3 is 0 Å². The van der Waals surface area contributed by atoms with Gasteiger partial charge in [-0.05, 0) is 53.2 Å². The summed E-state index contributed by atoms with van der Waals surface area (Å²) in [6.45, 7) is 1.79. The fourth-order valence-electron chi connectivity index (χ4n) is 2.81. The van der Waals surface area contributed by atoms with E-state index in [-0.39, 0.29) is 0 Å². The molecule has 1 aromatic rings. The summed E-state index contributed by atoms with van der Waals surface area (Å²) in [7, 11) is 0. The molecule has 1 unspecified atom stereocenters. The molecule has 17 heavy (non-hydrogen) atoms. The van der Waals surface area contributed by atoms with Gasteiger partial charge < -0.3 is 9.47 Å². The molecular formula is C14H17BrO2. The van der Waals surface area contributed by atoms with E-state index in [1.54, 1.807) is 0 Å². The van der Waals surface area contributed by atoms with Crippen LogP contribution in [0.2, 0.25) is 0 Å². The van der Waals surface area contributed by atoms with Crippen molar-refractivity contribution in [3.05, 3.63) is 28.2 Å². The Morgan fingerprint density at radius 2 is 1.94 bits per heavy atom. The molecule has 2 aliphatic rings. The van der Waals surface area contributed by atoms with Crippen molar-refractivity contribution in [2.75, 3.05) is 13.2 Å². The first-order chi connectivity index (χ1) is 8.34. The van der Waals surface area contributed by atoms with Gasteiger partial charge in [0, 0.05) is 19.1 Å². The van der Waals surface area contributed by atoms with Crippen molar-refractivity contribution in [1.82, 2.24) is 0 Å². The molecular weight excluding hydrogens is 280 g/mol. The van der Waals surface area contributed by atoms with Crippen molar-refractivity contribution < 1.29 is 9.47 Å². The third kappa shape index (κ3) is 2.36. The number of fused-ring (bicyclic) bond motifs is 1. The van der Waals surface area contributed by atoms with Crippen molar-refractivity contribution in [2.45, 2.75) is 31.8 Å². The highest BCUT2D eigenvalue weighted by atomic mass is 79.9. The Morgan fingerprint density at radius 3 is 2.76 bits per heavy atom. The molecule has 0 aliphatic carbocycles. The van der Waals surface area contributed by atoms with Crippen molar-refractivity contribution in [1.29, 1.82) is 0 Å². The second-order valence-corrected chi connectivity index (χ2v) is 5.73. The van der Waals surface area contributed by atoms with E-state index in [0.717, 1.165) is 49.1 Å². The highest BCUT2D eigenvalue weighted by molar-refractivity contribution is 9.10. The summed E-state index contributed by atoms with van der Waals surface area (Å²) in [6.07, 6.45) is 4.95. The zero-order valence-corrected chi connectivity index (χ0v) is 11.4. The maximum Gasteiger partial charge on any atom is 0.137 e. The van der Waals surface area contributed by atoms with Crippen LogP contribution >= 0.6 is 15.9 Å². The lowest BCUT2D eigenvalue weighted by molar-refractivity contribution is 0.0106. The van der Waals surface area contributed by atoms with Crippen molar-refractivity contribution in [2.24, 2.45) is 5.92 Å². The van der Waals surface area contributed by atoms with Crippen LogP contribution in [-0.4, -0.2) is 19.3 Å². The molecule has 1 aromatic carbocycles. The van der Waals surface area contributed by atoms with Crippen molar-refractivity contribution in [3.63, 3.8) is 0 Å². The number of halogens is 1. The zero-order valence-electron chi connectivity index (χ0n) is 9.82. The third-order valence-electron chi connectivity index (χ3n) is 3.81. The number of hydrogen-bond donors (Lipinski definition) is 0. The van der Waals surface area contributed by atoms with Crippen molar-refractivity contribution >= 4 is 15.9 Å². The Morgan fingerprint density at radius 1 is 1.12 bits per heavy atom. The molecule has 0 spiro atoms. The van der Waals surface area contributed by atoms with E-state index in [0.29, 0.717) is 12.0 Å². The number of aryl methyl sites for hydroxylation is 1. The molecule has 2 heterocycles. The molecule has 1 fully saturated rings. The molecule has 0 amide bonds. The fraction of sp³-hybridized carbons (Fsp3) is 0.571. The molecule has 0 bridgehead atoms. The molecule has 92 valence electrons. The SMILES string of the molecule is Brc1cccc2c1OC(C1CCOCC1)CC2. The number of para-hydroxylation sites is 1. The van der Waals surface area contributed by atoms with Crippen LogP contribution in [0, 0.1) is 5.92 Å². The van der Waals surface area contributed by atoms with Crippen LogP contribution in [0.25, 0.3) is 0 Å². The Balaban J connectivity index is 1.77. The lowest BCUT2D eigenvalue weighted by Crippen LogP contribution is -2.34. The summed E-state index contributed by atoms with van der Waals surface area (Å²) >= 11 is 3.58. The number of hydrogen-bond acceptors (Lipinski definition) is 2. The maximum atomic E-state index is 6.20. The van der Waals surface area contributed by atoms with Gasteiger partial charge in [-0.2, -0.15) is 0 Å². The lowest BCUT2D eigenvalue weighted by Gasteiger charge is -2.34. The summed E-state index contributed by atoms with van der Waals surface area (Å²) in [6, 6.07) is 6.31. The molecule has 0 N–H and O–H groups in total. The van der Waals surface area contributed by atoms with Gasteiger partial charge in [0.15, 0.2) is 0 Å². The summed E-state index contributed by atoms with van der Waals surface area (Å²) < 4.78 is 12.7. The molecule has 1 atom stereocenters. The first kappa shape index (κ1) is 11.5. The van der Waals surface area contributed by atoms with E-state index in [1.165, 1.54) is 5.56 Å². The van der Waals surface area contributed by atoms with Gasteiger partial charge in [0.2, 0.25) is 0 Å². The van der Waals surface area contributed by atoms with Gasteiger partial charge in [-0.15, -0.1) is 0 Å².